The van der Waals surface area contributed by atoms with E-state index in [1.807, 2.05) is 6.92 Å². The van der Waals surface area contributed by atoms with Crippen molar-refractivity contribution in [1.82, 2.24) is 10.2 Å². The first-order valence-corrected chi connectivity index (χ1v) is 13.6. The van der Waals surface area contributed by atoms with Crippen LogP contribution < -0.4 is 19.1 Å². The molecule has 1 unspecified atom stereocenters. The third-order valence-electron chi connectivity index (χ3n) is 5.56. The standard InChI is InChI=1S/C24H30ClN3O6S/c1-4-12-26-24(30)20(5-2)27(14-17-8-6-7-9-19(17)25)23(29)15-28(35(3,31)32)18-10-11-21-22(13-18)34-16-33-21/h6-11,13,20H,4-5,12,14-16H2,1-3H3,(H,26,30). The number of carbonyl (C=O) groups is 2. The Morgan fingerprint density at radius 2 is 1.83 bits per heavy atom. The van der Waals surface area contributed by atoms with Crippen LogP contribution in [0, 0.1) is 0 Å². The van der Waals surface area contributed by atoms with Crippen LogP contribution in [0.2, 0.25) is 5.02 Å². The predicted octanol–water partition coefficient (Wildman–Crippen LogP) is 3.17. The molecule has 1 N–H and O–H groups in total. The van der Waals surface area contributed by atoms with Crippen molar-refractivity contribution in [3.63, 3.8) is 0 Å². The second-order valence-electron chi connectivity index (χ2n) is 8.14. The van der Waals surface area contributed by atoms with Gasteiger partial charge in [-0.05, 0) is 36.6 Å². The summed E-state index contributed by atoms with van der Waals surface area (Å²) in [6.07, 6.45) is 2.11. The minimum Gasteiger partial charge on any atom is -0.454 e. The van der Waals surface area contributed by atoms with Crippen LogP contribution in [-0.2, 0) is 26.2 Å². The van der Waals surface area contributed by atoms with Crippen LogP contribution in [-0.4, -0.2) is 57.3 Å². The predicted molar refractivity (Wildman–Crippen MR) is 134 cm³/mol. The molecule has 1 heterocycles. The summed E-state index contributed by atoms with van der Waals surface area (Å²) in [4.78, 5) is 28.0. The number of sulfonamides is 1. The fourth-order valence-corrected chi connectivity index (χ4v) is 4.79. The SMILES string of the molecule is CCCNC(=O)C(CC)N(Cc1ccccc1Cl)C(=O)CN(c1ccc2c(c1)OCO2)S(C)(=O)=O. The molecule has 0 radical (unpaired) electrons. The number of rotatable bonds is 11. The fraction of sp³-hybridized carbons (Fsp3) is 0.417. The molecular formula is C24H30ClN3O6S. The van der Waals surface area contributed by atoms with E-state index in [9.17, 15) is 18.0 Å². The van der Waals surface area contributed by atoms with Crippen LogP contribution >= 0.6 is 11.6 Å². The Kier molecular flexibility index (Phi) is 8.85. The van der Waals surface area contributed by atoms with Crippen molar-refractivity contribution < 1.29 is 27.5 Å². The summed E-state index contributed by atoms with van der Waals surface area (Å²) in [7, 11) is -3.85. The Hall–Kier alpha value is -2.98. The minimum absolute atomic E-state index is 0.0350. The van der Waals surface area contributed by atoms with Gasteiger partial charge in [-0.1, -0.05) is 43.6 Å². The van der Waals surface area contributed by atoms with Crippen molar-refractivity contribution in [3.8, 4) is 11.5 Å². The number of hydrogen-bond acceptors (Lipinski definition) is 6. The fourth-order valence-electron chi connectivity index (χ4n) is 3.75. The second-order valence-corrected chi connectivity index (χ2v) is 10.4. The molecule has 0 spiro atoms. The number of ether oxygens (including phenoxy) is 2. The van der Waals surface area contributed by atoms with E-state index in [1.165, 1.54) is 11.0 Å². The highest BCUT2D eigenvalue weighted by Crippen LogP contribution is 2.36. The van der Waals surface area contributed by atoms with Gasteiger partial charge in [-0.3, -0.25) is 13.9 Å². The third-order valence-corrected chi connectivity index (χ3v) is 7.07. The molecule has 190 valence electrons. The second kappa shape index (κ2) is 11.6. The van der Waals surface area contributed by atoms with E-state index < -0.39 is 28.5 Å². The normalized spacial score (nSPS) is 13.3. The Morgan fingerprint density at radius 3 is 2.49 bits per heavy atom. The Morgan fingerprint density at radius 1 is 1.11 bits per heavy atom. The molecule has 0 saturated carbocycles. The van der Waals surface area contributed by atoms with Gasteiger partial charge >= 0.3 is 0 Å². The first-order valence-electron chi connectivity index (χ1n) is 11.3. The van der Waals surface area contributed by atoms with Gasteiger partial charge in [-0.25, -0.2) is 8.42 Å². The molecule has 0 aliphatic carbocycles. The molecule has 0 fully saturated rings. The highest BCUT2D eigenvalue weighted by atomic mass is 35.5. The number of amides is 2. The van der Waals surface area contributed by atoms with Gasteiger partial charge in [0.1, 0.15) is 12.6 Å². The lowest BCUT2D eigenvalue weighted by Crippen LogP contribution is -2.52. The van der Waals surface area contributed by atoms with Gasteiger partial charge < -0.3 is 19.7 Å². The van der Waals surface area contributed by atoms with Crippen LogP contribution in [0.15, 0.2) is 42.5 Å². The molecule has 0 saturated heterocycles. The number of benzene rings is 2. The summed E-state index contributed by atoms with van der Waals surface area (Å²) in [5.74, 6) is 0.0460. The van der Waals surface area contributed by atoms with E-state index in [0.29, 0.717) is 35.1 Å². The highest BCUT2D eigenvalue weighted by Gasteiger charge is 2.32. The van der Waals surface area contributed by atoms with E-state index in [1.54, 1.807) is 43.3 Å². The maximum Gasteiger partial charge on any atom is 0.244 e. The summed E-state index contributed by atoms with van der Waals surface area (Å²) in [5, 5.41) is 3.28. The van der Waals surface area contributed by atoms with Crippen LogP contribution in [0.5, 0.6) is 11.5 Å². The number of carbonyl (C=O) groups excluding carboxylic acids is 2. The van der Waals surface area contributed by atoms with E-state index in [0.717, 1.165) is 17.0 Å². The van der Waals surface area contributed by atoms with Crippen molar-refractivity contribution in [2.75, 3.05) is 30.4 Å². The molecule has 2 aromatic carbocycles. The molecule has 0 aromatic heterocycles. The monoisotopic (exact) mass is 523 g/mol. The minimum atomic E-state index is -3.85. The summed E-state index contributed by atoms with van der Waals surface area (Å²) in [6.45, 7) is 3.79. The molecule has 3 rings (SSSR count). The molecule has 1 aliphatic heterocycles. The van der Waals surface area contributed by atoms with Gasteiger partial charge in [0.2, 0.25) is 28.6 Å². The van der Waals surface area contributed by atoms with Crippen LogP contribution in [0.25, 0.3) is 0 Å². The van der Waals surface area contributed by atoms with Crippen LogP contribution in [0.1, 0.15) is 32.3 Å². The largest absolute Gasteiger partial charge is 0.454 e. The molecule has 2 amide bonds. The Labute approximate surface area is 211 Å². The van der Waals surface area contributed by atoms with Crippen molar-refractivity contribution in [3.05, 3.63) is 53.1 Å². The molecule has 1 aliphatic rings. The van der Waals surface area contributed by atoms with Gasteiger partial charge in [-0.15, -0.1) is 0 Å². The average Bonchev–Trinajstić information content (AvgIpc) is 3.29. The zero-order valence-corrected chi connectivity index (χ0v) is 21.6. The number of nitrogens with one attached hydrogen (secondary N) is 1. The lowest BCUT2D eigenvalue weighted by atomic mass is 10.1. The van der Waals surface area contributed by atoms with Crippen molar-refractivity contribution in [2.45, 2.75) is 39.3 Å². The van der Waals surface area contributed by atoms with Gasteiger partial charge in [0.05, 0.1) is 11.9 Å². The third kappa shape index (κ3) is 6.58. The molecule has 9 nitrogen and oxygen atoms in total. The van der Waals surface area contributed by atoms with Gasteiger partial charge in [0.25, 0.3) is 0 Å². The zero-order chi connectivity index (χ0) is 25.6. The van der Waals surface area contributed by atoms with Crippen molar-refractivity contribution in [1.29, 1.82) is 0 Å². The number of anilines is 1. The zero-order valence-electron chi connectivity index (χ0n) is 20.0. The number of fused-ring (bicyclic) bond motifs is 1. The van der Waals surface area contributed by atoms with E-state index >= 15 is 0 Å². The van der Waals surface area contributed by atoms with E-state index in [-0.39, 0.29) is 24.9 Å². The first-order chi connectivity index (χ1) is 16.7. The van der Waals surface area contributed by atoms with Crippen molar-refractivity contribution >= 4 is 39.1 Å². The van der Waals surface area contributed by atoms with Gasteiger partial charge in [0.15, 0.2) is 11.5 Å². The van der Waals surface area contributed by atoms with Crippen molar-refractivity contribution in [2.24, 2.45) is 0 Å². The maximum atomic E-state index is 13.6. The number of hydrogen-bond donors (Lipinski definition) is 1. The molecule has 11 heteroatoms. The van der Waals surface area contributed by atoms with Gasteiger partial charge in [-0.2, -0.15) is 0 Å². The highest BCUT2D eigenvalue weighted by molar-refractivity contribution is 7.92. The van der Waals surface area contributed by atoms with E-state index in [4.69, 9.17) is 21.1 Å². The van der Waals surface area contributed by atoms with Crippen LogP contribution in [0.4, 0.5) is 5.69 Å². The summed E-state index contributed by atoms with van der Waals surface area (Å²) in [6, 6.07) is 10.9. The summed E-state index contributed by atoms with van der Waals surface area (Å²) in [5.41, 5.74) is 0.907. The maximum absolute atomic E-state index is 13.6. The van der Waals surface area contributed by atoms with Crippen LogP contribution in [0.3, 0.4) is 0 Å². The van der Waals surface area contributed by atoms with E-state index in [2.05, 4.69) is 5.32 Å². The number of halogens is 1. The topological polar surface area (TPSA) is 105 Å². The Balaban J connectivity index is 1.95. The molecule has 2 aromatic rings. The lowest BCUT2D eigenvalue weighted by molar-refractivity contribution is -0.140. The first kappa shape index (κ1) is 26.6. The summed E-state index contributed by atoms with van der Waals surface area (Å²) >= 11 is 6.34. The average molecular weight is 524 g/mol. The molecule has 0 bridgehead atoms. The molecule has 35 heavy (non-hydrogen) atoms. The molecular weight excluding hydrogens is 494 g/mol. The number of nitrogens with zero attached hydrogens (tertiary/aromatic N) is 2. The summed E-state index contributed by atoms with van der Waals surface area (Å²) < 4.78 is 37.1. The van der Waals surface area contributed by atoms with Gasteiger partial charge in [0, 0.05) is 24.2 Å². The molecule has 1 atom stereocenters. The Bertz CT molecular complexity index is 1170. The quantitative estimate of drug-likeness (QED) is 0.485. The smallest absolute Gasteiger partial charge is 0.244 e. The lowest BCUT2D eigenvalue weighted by Gasteiger charge is -2.33.